The lowest BCUT2D eigenvalue weighted by molar-refractivity contribution is 0.0385. The second kappa shape index (κ2) is 5.68. The van der Waals surface area contributed by atoms with E-state index in [1.165, 1.54) is 0 Å². The Balaban J connectivity index is 1.81. The number of ether oxygens (including phenoxy) is 1. The molecule has 0 bridgehead atoms. The third-order valence-corrected chi connectivity index (χ3v) is 3.37. The fourth-order valence-corrected chi connectivity index (χ4v) is 2.13. The molecule has 0 radical (unpaired) electrons. The monoisotopic (exact) mass is 274 g/mol. The van der Waals surface area contributed by atoms with E-state index in [-0.39, 0.29) is 6.10 Å². The SMILES string of the molecule is CCOC(c1noc(-c2ccc(CN)cn2)n1)C1CC1. The van der Waals surface area contributed by atoms with Gasteiger partial charge in [0.25, 0.3) is 5.89 Å². The van der Waals surface area contributed by atoms with Gasteiger partial charge in [-0.15, -0.1) is 0 Å². The summed E-state index contributed by atoms with van der Waals surface area (Å²) in [6.07, 6.45) is 4.00. The molecule has 0 amide bonds. The van der Waals surface area contributed by atoms with Crippen molar-refractivity contribution in [3.05, 3.63) is 29.7 Å². The summed E-state index contributed by atoms with van der Waals surface area (Å²) in [7, 11) is 0. The van der Waals surface area contributed by atoms with Crippen LogP contribution in [0.15, 0.2) is 22.9 Å². The van der Waals surface area contributed by atoms with Crippen molar-refractivity contribution in [2.24, 2.45) is 11.7 Å². The number of pyridine rings is 1. The molecule has 0 aliphatic heterocycles. The number of hydrogen-bond acceptors (Lipinski definition) is 6. The van der Waals surface area contributed by atoms with Gasteiger partial charge in [-0.1, -0.05) is 11.2 Å². The van der Waals surface area contributed by atoms with E-state index >= 15 is 0 Å². The van der Waals surface area contributed by atoms with E-state index in [1.807, 2.05) is 19.1 Å². The fraction of sp³-hybridized carbons (Fsp3) is 0.500. The van der Waals surface area contributed by atoms with Crippen LogP contribution in [-0.4, -0.2) is 21.7 Å². The molecule has 1 aliphatic carbocycles. The minimum atomic E-state index is -0.0548. The van der Waals surface area contributed by atoms with Crippen LogP contribution >= 0.6 is 0 Å². The molecule has 6 nitrogen and oxygen atoms in total. The van der Waals surface area contributed by atoms with Crippen molar-refractivity contribution in [2.45, 2.75) is 32.4 Å². The van der Waals surface area contributed by atoms with Crippen LogP contribution in [0, 0.1) is 5.92 Å². The molecule has 1 aliphatic rings. The van der Waals surface area contributed by atoms with Gasteiger partial charge >= 0.3 is 0 Å². The molecule has 0 aromatic carbocycles. The van der Waals surface area contributed by atoms with E-state index in [0.717, 1.165) is 18.4 Å². The molecule has 3 rings (SSSR count). The lowest BCUT2D eigenvalue weighted by Crippen LogP contribution is -2.08. The Kier molecular flexibility index (Phi) is 3.75. The van der Waals surface area contributed by atoms with E-state index < -0.39 is 0 Å². The molecular formula is C14H18N4O2. The van der Waals surface area contributed by atoms with Crippen LogP contribution in [-0.2, 0) is 11.3 Å². The zero-order chi connectivity index (χ0) is 13.9. The van der Waals surface area contributed by atoms with Gasteiger partial charge in [0.2, 0.25) is 5.82 Å². The highest BCUT2D eigenvalue weighted by molar-refractivity contribution is 5.46. The Morgan fingerprint density at radius 2 is 2.30 bits per heavy atom. The Hall–Kier alpha value is -1.79. The highest BCUT2D eigenvalue weighted by Gasteiger charge is 2.36. The lowest BCUT2D eigenvalue weighted by atomic mass is 10.2. The highest BCUT2D eigenvalue weighted by Crippen LogP contribution is 2.42. The van der Waals surface area contributed by atoms with Gasteiger partial charge < -0.3 is 15.0 Å². The molecule has 6 heteroatoms. The summed E-state index contributed by atoms with van der Waals surface area (Å²) in [5, 5.41) is 4.04. The second-order valence-corrected chi connectivity index (χ2v) is 4.93. The molecule has 1 atom stereocenters. The summed E-state index contributed by atoms with van der Waals surface area (Å²) >= 11 is 0. The molecule has 2 heterocycles. The minimum absolute atomic E-state index is 0.0548. The molecule has 1 unspecified atom stereocenters. The topological polar surface area (TPSA) is 87.1 Å². The Bertz CT molecular complexity index is 563. The molecule has 106 valence electrons. The molecule has 0 saturated heterocycles. The van der Waals surface area contributed by atoms with Crippen LogP contribution in [0.5, 0.6) is 0 Å². The fourth-order valence-electron chi connectivity index (χ4n) is 2.13. The van der Waals surface area contributed by atoms with E-state index in [4.69, 9.17) is 15.0 Å². The van der Waals surface area contributed by atoms with Gasteiger partial charge in [0.1, 0.15) is 11.8 Å². The molecule has 20 heavy (non-hydrogen) atoms. The van der Waals surface area contributed by atoms with Crippen molar-refractivity contribution in [1.82, 2.24) is 15.1 Å². The number of nitrogens with zero attached hydrogens (tertiary/aromatic N) is 3. The van der Waals surface area contributed by atoms with Gasteiger partial charge in [-0.3, -0.25) is 4.98 Å². The second-order valence-electron chi connectivity index (χ2n) is 4.93. The maximum Gasteiger partial charge on any atom is 0.276 e. The van der Waals surface area contributed by atoms with Crippen LogP contribution in [0.1, 0.15) is 37.3 Å². The molecule has 1 fully saturated rings. The van der Waals surface area contributed by atoms with Crippen LogP contribution in [0.2, 0.25) is 0 Å². The zero-order valence-corrected chi connectivity index (χ0v) is 11.5. The van der Waals surface area contributed by atoms with Gasteiger partial charge in [-0.05, 0) is 37.3 Å². The van der Waals surface area contributed by atoms with Crippen molar-refractivity contribution in [3.8, 4) is 11.6 Å². The first-order valence-corrected chi connectivity index (χ1v) is 6.92. The van der Waals surface area contributed by atoms with Gasteiger partial charge in [0.05, 0.1) is 0 Å². The minimum Gasteiger partial charge on any atom is -0.370 e. The van der Waals surface area contributed by atoms with E-state index in [1.54, 1.807) is 6.20 Å². The average molecular weight is 274 g/mol. The number of hydrogen-bond donors (Lipinski definition) is 1. The highest BCUT2D eigenvalue weighted by atomic mass is 16.5. The van der Waals surface area contributed by atoms with E-state index in [0.29, 0.717) is 36.5 Å². The van der Waals surface area contributed by atoms with Crippen molar-refractivity contribution in [3.63, 3.8) is 0 Å². The largest absolute Gasteiger partial charge is 0.370 e. The summed E-state index contributed by atoms with van der Waals surface area (Å²) in [5.41, 5.74) is 7.18. The maximum atomic E-state index is 5.72. The van der Waals surface area contributed by atoms with Crippen molar-refractivity contribution < 1.29 is 9.26 Å². The Morgan fingerprint density at radius 1 is 1.45 bits per heavy atom. The Morgan fingerprint density at radius 3 is 2.90 bits per heavy atom. The van der Waals surface area contributed by atoms with Gasteiger partial charge in [-0.25, -0.2) is 0 Å². The van der Waals surface area contributed by atoms with Gasteiger partial charge in [0.15, 0.2) is 0 Å². The number of rotatable bonds is 6. The van der Waals surface area contributed by atoms with Gasteiger partial charge in [0, 0.05) is 19.3 Å². The molecule has 1 saturated carbocycles. The molecule has 2 N–H and O–H groups in total. The zero-order valence-electron chi connectivity index (χ0n) is 11.5. The number of nitrogens with two attached hydrogens (primary N) is 1. The van der Waals surface area contributed by atoms with Crippen molar-refractivity contribution in [1.29, 1.82) is 0 Å². The first kappa shape index (κ1) is 13.2. The summed E-state index contributed by atoms with van der Waals surface area (Å²) in [6, 6.07) is 3.75. The molecule has 2 aromatic heterocycles. The predicted octanol–water partition coefficient (Wildman–Crippen LogP) is 2.08. The first-order valence-electron chi connectivity index (χ1n) is 6.92. The normalized spacial score (nSPS) is 16.3. The maximum absolute atomic E-state index is 5.72. The van der Waals surface area contributed by atoms with Crippen molar-refractivity contribution >= 4 is 0 Å². The standard InChI is InChI=1S/C14H18N4O2/c1-2-19-12(10-4-5-10)13-17-14(20-18-13)11-6-3-9(7-15)8-16-11/h3,6,8,10,12H,2,4-5,7,15H2,1H3. The van der Waals surface area contributed by atoms with Crippen molar-refractivity contribution in [2.75, 3.05) is 6.61 Å². The third kappa shape index (κ3) is 2.71. The number of aromatic nitrogens is 3. The summed E-state index contributed by atoms with van der Waals surface area (Å²) in [5.74, 6) is 1.57. The molecular weight excluding hydrogens is 256 g/mol. The molecule has 0 spiro atoms. The lowest BCUT2D eigenvalue weighted by Gasteiger charge is -2.10. The van der Waals surface area contributed by atoms with E-state index in [9.17, 15) is 0 Å². The van der Waals surface area contributed by atoms with Crippen LogP contribution in [0.25, 0.3) is 11.6 Å². The van der Waals surface area contributed by atoms with Crippen LogP contribution in [0.4, 0.5) is 0 Å². The average Bonchev–Trinajstić information content (AvgIpc) is 3.21. The molecule has 2 aromatic rings. The van der Waals surface area contributed by atoms with E-state index in [2.05, 4.69) is 15.1 Å². The Labute approximate surface area is 117 Å². The van der Waals surface area contributed by atoms with Crippen LogP contribution in [0.3, 0.4) is 0 Å². The smallest absolute Gasteiger partial charge is 0.276 e. The first-order chi connectivity index (χ1) is 9.81. The van der Waals surface area contributed by atoms with Crippen LogP contribution < -0.4 is 5.73 Å². The summed E-state index contributed by atoms with van der Waals surface area (Å²) < 4.78 is 11.0. The third-order valence-electron chi connectivity index (χ3n) is 3.37. The quantitative estimate of drug-likeness (QED) is 0.867. The predicted molar refractivity (Wildman–Crippen MR) is 72.5 cm³/mol. The van der Waals surface area contributed by atoms with Gasteiger partial charge in [-0.2, -0.15) is 4.98 Å². The summed E-state index contributed by atoms with van der Waals surface area (Å²) in [6.45, 7) is 3.09. The summed E-state index contributed by atoms with van der Waals surface area (Å²) in [4.78, 5) is 8.70.